The van der Waals surface area contributed by atoms with Crippen LogP contribution in [0.3, 0.4) is 0 Å². The molecule has 0 atom stereocenters. The maximum atomic E-state index is 12.4. The lowest BCUT2D eigenvalue weighted by molar-refractivity contribution is -0.138. The molecule has 0 unspecified atom stereocenters. The van der Waals surface area contributed by atoms with Gasteiger partial charge in [0.05, 0.1) is 6.54 Å². The van der Waals surface area contributed by atoms with Crippen molar-refractivity contribution in [2.45, 2.75) is 0 Å². The Bertz CT molecular complexity index is 508. The predicted octanol–water partition coefficient (Wildman–Crippen LogP) is 2.05. The molecule has 0 aromatic heterocycles. The summed E-state index contributed by atoms with van der Waals surface area (Å²) in [5.74, 6) is -0.859. The molecule has 1 aromatic rings. The van der Waals surface area contributed by atoms with Crippen LogP contribution in [0.4, 0.5) is 0 Å². The Kier molecular flexibility index (Phi) is 5.17. The summed E-state index contributed by atoms with van der Waals surface area (Å²) >= 11 is 6.74. The minimum Gasteiger partial charge on any atom is -0.480 e. The van der Waals surface area contributed by atoms with Crippen LogP contribution in [0.15, 0.2) is 27.1 Å². The van der Waals surface area contributed by atoms with Crippen molar-refractivity contribution in [3.05, 3.63) is 32.7 Å². The number of hydrogen-bond donors (Lipinski definition) is 1. The van der Waals surface area contributed by atoms with E-state index >= 15 is 0 Å². The van der Waals surface area contributed by atoms with E-state index in [0.717, 1.165) is 8.95 Å². The molecule has 20 heavy (non-hydrogen) atoms. The largest absolute Gasteiger partial charge is 0.480 e. The maximum absolute atomic E-state index is 12.4. The molecule has 1 aromatic carbocycles. The minimum absolute atomic E-state index is 0.0259. The molecular formula is C13H14Br2N2O3. The Labute approximate surface area is 133 Å². The Morgan fingerprint density at radius 2 is 1.60 bits per heavy atom. The van der Waals surface area contributed by atoms with Crippen LogP contribution in [0.25, 0.3) is 0 Å². The van der Waals surface area contributed by atoms with Gasteiger partial charge in [0.1, 0.15) is 0 Å². The zero-order valence-corrected chi connectivity index (χ0v) is 13.9. The van der Waals surface area contributed by atoms with E-state index in [-0.39, 0.29) is 12.5 Å². The Balaban J connectivity index is 1.99. The van der Waals surface area contributed by atoms with E-state index in [9.17, 15) is 9.59 Å². The third kappa shape index (κ3) is 4.04. The van der Waals surface area contributed by atoms with Crippen LogP contribution < -0.4 is 0 Å². The lowest BCUT2D eigenvalue weighted by Crippen LogP contribution is -2.49. The van der Waals surface area contributed by atoms with E-state index in [1.807, 2.05) is 11.0 Å². The summed E-state index contributed by atoms with van der Waals surface area (Å²) in [5.41, 5.74) is 0.623. The molecule has 5 nitrogen and oxygen atoms in total. The highest BCUT2D eigenvalue weighted by atomic mass is 79.9. The molecule has 108 valence electrons. The van der Waals surface area contributed by atoms with Gasteiger partial charge in [-0.15, -0.1) is 0 Å². The topological polar surface area (TPSA) is 60.9 Å². The van der Waals surface area contributed by atoms with Crippen molar-refractivity contribution in [1.82, 2.24) is 9.80 Å². The number of halogens is 2. The van der Waals surface area contributed by atoms with Crippen molar-refractivity contribution in [1.29, 1.82) is 0 Å². The number of benzene rings is 1. The van der Waals surface area contributed by atoms with E-state index in [1.54, 1.807) is 17.0 Å². The highest BCUT2D eigenvalue weighted by Crippen LogP contribution is 2.21. The van der Waals surface area contributed by atoms with E-state index in [4.69, 9.17) is 5.11 Å². The quantitative estimate of drug-likeness (QED) is 0.835. The highest BCUT2D eigenvalue weighted by molar-refractivity contribution is 9.11. The lowest BCUT2D eigenvalue weighted by atomic mass is 10.2. The Morgan fingerprint density at radius 3 is 2.10 bits per heavy atom. The fraction of sp³-hybridized carbons (Fsp3) is 0.385. The third-order valence-corrected chi connectivity index (χ3v) is 4.04. The van der Waals surface area contributed by atoms with Gasteiger partial charge in [0.15, 0.2) is 0 Å². The van der Waals surface area contributed by atoms with Crippen molar-refractivity contribution >= 4 is 43.7 Å². The predicted molar refractivity (Wildman–Crippen MR) is 81.8 cm³/mol. The molecule has 0 aliphatic carbocycles. The standard InChI is InChI=1S/C13H14Br2N2O3/c14-10-5-9(6-11(15)7-10)13(20)17-3-1-16(2-4-17)8-12(18)19/h5-7H,1-4,8H2,(H,18,19). The van der Waals surface area contributed by atoms with Gasteiger partial charge in [-0.2, -0.15) is 0 Å². The summed E-state index contributed by atoms with van der Waals surface area (Å²) in [4.78, 5) is 26.6. The lowest BCUT2D eigenvalue weighted by Gasteiger charge is -2.33. The fourth-order valence-corrected chi connectivity index (χ4v) is 3.45. The van der Waals surface area contributed by atoms with Crippen LogP contribution in [0.2, 0.25) is 0 Å². The maximum Gasteiger partial charge on any atom is 0.317 e. The smallest absolute Gasteiger partial charge is 0.317 e. The number of carbonyl (C=O) groups excluding carboxylic acids is 1. The fourth-order valence-electron chi connectivity index (χ4n) is 2.16. The number of carbonyl (C=O) groups is 2. The first-order valence-electron chi connectivity index (χ1n) is 6.15. The van der Waals surface area contributed by atoms with E-state index < -0.39 is 5.97 Å². The number of hydrogen-bond acceptors (Lipinski definition) is 3. The molecule has 0 bridgehead atoms. The normalized spacial score (nSPS) is 16.2. The van der Waals surface area contributed by atoms with Crippen LogP contribution in [-0.4, -0.2) is 59.5 Å². The van der Waals surface area contributed by atoms with Gasteiger partial charge in [-0.25, -0.2) is 0 Å². The number of carboxylic acid groups (broad SMARTS) is 1. The van der Waals surface area contributed by atoms with E-state index in [1.165, 1.54) is 0 Å². The molecule has 0 radical (unpaired) electrons. The van der Waals surface area contributed by atoms with Crippen molar-refractivity contribution < 1.29 is 14.7 Å². The number of piperazine rings is 1. The van der Waals surface area contributed by atoms with Gasteiger partial charge >= 0.3 is 5.97 Å². The van der Waals surface area contributed by atoms with Gasteiger partial charge in [-0.05, 0) is 18.2 Å². The second kappa shape index (κ2) is 6.69. The molecule has 1 amide bonds. The number of aliphatic carboxylic acids is 1. The highest BCUT2D eigenvalue weighted by Gasteiger charge is 2.23. The summed E-state index contributed by atoms with van der Waals surface area (Å²) < 4.78 is 1.69. The van der Waals surface area contributed by atoms with Crippen molar-refractivity contribution in [2.75, 3.05) is 32.7 Å². The SMILES string of the molecule is O=C(O)CN1CCN(C(=O)c2cc(Br)cc(Br)c2)CC1. The molecule has 1 saturated heterocycles. The number of rotatable bonds is 3. The van der Waals surface area contributed by atoms with E-state index in [0.29, 0.717) is 31.7 Å². The zero-order valence-electron chi connectivity index (χ0n) is 10.7. The van der Waals surface area contributed by atoms with Gasteiger partial charge in [-0.1, -0.05) is 31.9 Å². The zero-order chi connectivity index (χ0) is 14.7. The van der Waals surface area contributed by atoms with Gasteiger partial charge < -0.3 is 10.0 Å². The third-order valence-electron chi connectivity index (χ3n) is 3.13. The number of nitrogens with zero attached hydrogens (tertiary/aromatic N) is 2. The van der Waals surface area contributed by atoms with Crippen LogP contribution in [0, 0.1) is 0 Å². The molecule has 7 heteroatoms. The van der Waals surface area contributed by atoms with E-state index in [2.05, 4.69) is 31.9 Å². The Hall–Kier alpha value is -0.920. The van der Waals surface area contributed by atoms with Crippen molar-refractivity contribution in [3.63, 3.8) is 0 Å². The average molecular weight is 406 g/mol. The minimum atomic E-state index is -0.833. The average Bonchev–Trinajstić information content (AvgIpc) is 2.37. The molecule has 1 heterocycles. The van der Waals surface area contributed by atoms with Gasteiger partial charge in [0.2, 0.25) is 0 Å². The first-order chi connectivity index (χ1) is 9.45. The van der Waals surface area contributed by atoms with Crippen LogP contribution in [0.1, 0.15) is 10.4 Å². The molecule has 2 rings (SSSR count). The summed E-state index contributed by atoms with van der Waals surface area (Å²) in [6.45, 7) is 2.32. The molecule has 1 aliphatic heterocycles. The second-order valence-electron chi connectivity index (χ2n) is 4.62. The van der Waals surface area contributed by atoms with Crippen molar-refractivity contribution in [3.8, 4) is 0 Å². The second-order valence-corrected chi connectivity index (χ2v) is 6.45. The molecular weight excluding hydrogens is 392 g/mol. The molecule has 0 saturated carbocycles. The van der Waals surface area contributed by atoms with Crippen LogP contribution >= 0.6 is 31.9 Å². The molecule has 1 fully saturated rings. The van der Waals surface area contributed by atoms with Gasteiger partial charge in [-0.3, -0.25) is 14.5 Å². The van der Waals surface area contributed by atoms with Gasteiger partial charge in [0, 0.05) is 40.7 Å². The first-order valence-corrected chi connectivity index (χ1v) is 7.74. The summed E-state index contributed by atoms with van der Waals surface area (Å²) in [7, 11) is 0. The molecule has 0 spiro atoms. The number of carboxylic acids is 1. The van der Waals surface area contributed by atoms with Crippen molar-refractivity contribution in [2.24, 2.45) is 0 Å². The summed E-state index contributed by atoms with van der Waals surface area (Å²) in [5, 5.41) is 8.75. The van der Waals surface area contributed by atoms with Crippen LogP contribution in [0.5, 0.6) is 0 Å². The number of amides is 1. The molecule has 1 aliphatic rings. The van der Waals surface area contributed by atoms with Gasteiger partial charge in [0.25, 0.3) is 5.91 Å². The molecule has 1 N–H and O–H groups in total. The summed E-state index contributed by atoms with van der Waals surface area (Å²) in [6.07, 6.45) is 0. The summed E-state index contributed by atoms with van der Waals surface area (Å²) in [6, 6.07) is 5.45. The van der Waals surface area contributed by atoms with Crippen LogP contribution in [-0.2, 0) is 4.79 Å². The first kappa shape index (κ1) is 15.5. The monoisotopic (exact) mass is 404 g/mol. The Morgan fingerprint density at radius 1 is 1.05 bits per heavy atom.